The number of nitrogens with one attached hydrogen (secondary N) is 1. The summed E-state index contributed by atoms with van der Waals surface area (Å²) < 4.78 is 10.4. The van der Waals surface area contributed by atoms with E-state index in [-0.39, 0.29) is 18.1 Å². The van der Waals surface area contributed by atoms with Crippen LogP contribution in [0.5, 0.6) is 0 Å². The smallest absolute Gasteiger partial charge is 0.355 e. The number of thioether (sulfide) groups is 1. The number of carbonyl (C=O) groups is 5. The second-order valence-electron chi connectivity index (χ2n) is 7.30. The summed E-state index contributed by atoms with van der Waals surface area (Å²) in [5.41, 5.74) is -0.374. The molecule has 158 valence electrons. The number of esters is 2. The Morgan fingerprint density at radius 1 is 1.28 bits per heavy atom. The maximum atomic E-state index is 12.7. The molecular formula is C18H22N2O8S. The van der Waals surface area contributed by atoms with E-state index in [4.69, 9.17) is 14.6 Å². The number of carboxylic acids is 1. The van der Waals surface area contributed by atoms with Crippen molar-refractivity contribution >= 4 is 41.5 Å². The lowest BCUT2D eigenvalue weighted by Gasteiger charge is -2.49. The maximum absolute atomic E-state index is 12.7. The van der Waals surface area contributed by atoms with E-state index in [1.54, 1.807) is 20.8 Å². The Labute approximate surface area is 171 Å². The fraction of sp³-hybridized carbons (Fsp3) is 0.500. The highest BCUT2D eigenvalue weighted by Gasteiger charge is 2.54. The van der Waals surface area contributed by atoms with Crippen molar-refractivity contribution in [1.29, 1.82) is 0 Å². The van der Waals surface area contributed by atoms with Gasteiger partial charge < -0.3 is 19.9 Å². The molecule has 2 aliphatic rings. The van der Waals surface area contributed by atoms with Gasteiger partial charge in [0.1, 0.15) is 29.3 Å². The molecule has 2 heterocycles. The van der Waals surface area contributed by atoms with Crippen molar-refractivity contribution in [2.45, 2.75) is 44.7 Å². The lowest BCUT2D eigenvalue weighted by atomic mass is 10.0. The molecular weight excluding hydrogens is 404 g/mol. The molecule has 2 rings (SSSR count). The Balaban J connectivity index is 2.23. The highest BCUT2D eigenvalue weighted by atomic mass is 32.2. The lowest BCUT2D eigenvalue weighted by molar-refractivity contribution is -0.159. The van der Waals surface area contributed by atoms with Gasteiger partial charge in [0.2, 0.25) is 5.91 Å². The van der Waals surface area contributed by atoms with Gasteiger partial charge in [0.05, 0.1) is 0 Å². The highest BCUT2D eigenvalue weighted by molar-refractivity contribution is 8.00. The average molecular weight is 426 g/mol. The van der Waals surface area contributed by atoms with Crippen molar-refractivity contribution in [1.82, 2.24) is 10.2 Å². The zero-order valence-corrected chi connectivity index (χ0v) is 17.2. The Kier molecular flexibility index (Phi) is 6.73. The fourth-order valence-electron chi connectivity index (χ4n) is 2.65. The minimum atomic E-state index is -1.29. The number of hydrogen-bond donors (Lipinski definition) is 2. The first kappa shape index (κ1) is 22.5. The van der Waals surface area contributed by atoms with E-state index in [2.05, 4.69) is 5.32 Å². The average Bonchev–Trinajstić information content (AvgIpc) is 2.60. The predicted molar refractivity (Wildman–Crippen MR) is 101 cm³/mol. The molecule has 0 saturated carbocycles. The van der Waals surface area contributed by atoms with E-state index in [0.29, 0.717) is 11.6 Å². The summed E-state index contributed by atoms with van der Waals surface area (Å²) in [7, 11) is 0. The van der Waals surface area contributed by atoms with Gasteiger partial charge >= 0.3 is 17.9 Å². The molecule has 0 aromatic carbocycles. The van der Waals surface area contributed by atoms with E-state index in [9.17, 15) is 24.0 Å². The topological polar surface area (TPSA) is 139 Å². The zero-order valence-electron chi connectivity index (χ0n) is 16.4. The molecule has 0 aliphatic carbocycles. The molecule has 2 atom stereocenters. The minimum Gasteiger partial charge on any atom is -0.478 e. The summed E-state index contributed by atoms with van der Waals surface area (Å²) in [5.74, 6) is -3.54. The number of ether oxygens (including phenoxy) is 2. The highest BCUT2D eigenvalue weighted by Crippen LogP contribution is 2.41. The Morgan fingerprint density at radius 2 is 1.93 bits per heavy atom. The molecule has 0 bridgehead atoms. The van der Waals surface area contributed by atoms with Gasteiger partial charge in [0.25, 0.3) is 5.91 Å². The summed E-state index contributed by atoms with van der Waals surface area (Å²) in [6.45, 7) is 6.12. The van der Waals surface area contributed by atoms with E-state index >= 15 is 0 Å². The first-order chi connectivity index (χ1) is 13.4. The quantitative estimate of drug-likeness (QED) is 0.346. The lowest BCUT2D eigenvalue weighted by Crippen LogP contribution is -2.70. The number of nitrogens with zero attached hydrogens (tertiary/aromatic N) is 1. The van der Waals surface area contributed by atoms with Gasteiger partial charge in [-0.25, -0.2) is 9.59 Å². The number of β-lactam (4-membered cyclic amide) rings is 1. The van der Waals surface area contributed by atoms with E-state index in [1.165, 1.54) is 23.6 Å². The fourth-order valence-corrected chi connectivity index (χ4v) is 3.97. The number of carbonyl (C=O) groups excluding carboxylic acids is 4. The summed E-state index contributed by atoms with van der Waals surface area (Å²) in [4.78, 5) is 60.1. The van der Waals surface area contributed by atoms with Gasteiger partial charge in [0.15, 0.2) is 0 Å². The van der Waals surface area contributed by atoms with Gasteiger partial charge in [-0.05, 0) is 20.8 Å². The van der Waals surface area contributed by atoms with Crippen LogP contribution in [0, 0.1) is 0 Å². The third-order valence-corrected chi connectivity index (χ3v) is 5.10. The monoisotopic (exact) mass is 426 g/mol. The molecule has 2 N–H and O–H groups in total. The molecule has 10 nitrogen and oxygen atoms in total. The van der Waals surface area contributed by atoms with Crippen molar-refractivity contribution in [3.05, 3.63) is 23.4 Å². The molecule has 0 radical (unpaired) electrons. The maximum Gasteiger partial charge on any atom is 0.355 e. The summed E-state index contributed by atoms with van der Waals surface area (Å²) >= 11 is 1.28. The van der Waals surface area contributed by atoms with Crippen LogP contribution in [-0.4, -0.2) is 69.1 Å². The Hall–Kier alpha value is -2.82. The van der Waals surface area contributed by atoms with Crippen LogP contribution in [0.4, 0.5) is 0 Å². The van der Waals surface area contributed by atoms with Crippen LogP contribution in [0.1, 0.15) is 27.7 Å². The standard InChI is InChI=1S/C18H22N2O8S/c1-9(21)27-7-10-8-29-16-13(19-11(22)5-6-12(23)24)15(25)20(16)14(10)17(26)28-18(2,3)4/h5-6,13,16H,7-8H2,1-4H3,(H,19,22)(H,23,24)/t13?,16-/m0/s1. The molecule has 2 aliphatic heterocycles. The van der Waals surface area contributed by atoms with Gasteiger partial charge in [-0.2, -0.15) is 0 Å². The molecule has 0 aromatic rings. The third kappa shape index (κ3) is 5.59. The SMILES string of the molecule is CC(=O)OCC1=C(C(=O)OC(C)(C)C)N2C(=O)C(NC(=O)C=CC(=O)O)[C@@H]2SC1. The van der Waals surface area contributed by atoms with E-state index < -0.39 is 46.7 Å². The second kappa shape index (κ2) is 8.68. The van der Waals surface area contributed by atoms with Crippen molar-refractivity contribution < 1.29 is 38.6 Å². The number of aliphatic carboxylic acids is 1. The van der Waals surface area contributed by atoms with Crippen LogP contribution in [0.3, 0.4) is 0 Å². The Morgan fingerprint density at radius 3 is 2.48 bits per heavy atom. The number of amides is 2. The van der Waals surface area contributed by atoms with Crippen LogP contribution in [0.15, 0.2) is 23.4 Å². The van der Waals surface area contributed by atoms with Crippen molar-refractivity contribution in [2.24, 2.45) is 0 Å². The number of hydrogen-bond acceptors (Lipinski definition) is 8. The van der Waals surface area contributed by atoms with Gasteiger partial charge in [-0.15, -0.1) is 11.8 Å². The first-order valence-corrected chi connectivity index (χ1v) is 9.70. The number of carboxylic acid groups (broad SMARTS) is 1. The van der Waals surface area contributed by atoms with E-state index in [1.807, 2.05) is 0 Å². The largest absolute Gasteiger partial charge is 0.478 e. The van der Waals surface area contributed by atoms with E-state index in [0.717, 1.165) is 6.08 Å². The molecule has 11 heteroatoms. The van der Waals surface area contributed by atoms with Gasteiger partial charge in [-0.1, -0.05) is 0 Å². The van der Waals surface area contributed by atoms with Crippen molar-refractivity contribution in [3.63, 3.8) is 0 Å². The summed E-state index contributed by atoms with van der Waals surface area (Å²) in [5, 5.41) is 10.4. The molecule has 1 saturated heterocycles. The Bertz CT molecular complexity index is 811. The second-order valence-corrected chi connectivity index (χ2v) is 8.41. The van der Waals surface area contributed by atoms with Gasteiger partial charge in [-0.3, -0.25) is 19.3 Å². The van der Waals surface area contributed by atoms with Crippen molar-refractivity contribution in [2.75, 3.05) is 12.4 Å². The zero-order chi connectivity index (χ0) is 21.9. The molecule has 29 heavy (non-hydrogen) atoms. The van der Waals surface area contributed by atoms with Gasteiger partial charge in [0, 0.05) is 30.4 Å². The predicted octanol–water partition coefficient (Wildman–Crippen LogP) is 0.186. The first-order valence-electron chi connectivity index (χ1n) is 8.65. The van der Waals surface area contributed by atoms with Crippen LogP contribution in [0.25, 0.3) is 0 Å². The minimum absolute atomic E-state index is 0.00139. The number of rotatable bonds is 6. The van der Waals surface area contributed by atoms with Crippen LogP contribution in [0.2, 0.25) is 0 Å². The normalized spacial score (nSPS) is 21.4. The summed E-state index contributed by atoms with van der Waals surface area (Å²) in [6.07, 6.45) is 1.47. The van der Waals surface area contributed by atoms with Crippen molar-refractivity contribution in [3.8, 4) is 0 Å². The van der Waals surface area contributed by atoms with Crippen LogP contribution < -0.4 is 5.32 Å². The molecule has 0 aromatic heterocycles. The third-order valence-electron chi connectivity index (χ3n) is 3.76. The molecule has 1 fully saturated rings. The number of fused-ring (bicyclic) bond motifs is 1. The summed E-state index contributed by atoms with van der Waals surface area (Å²) in [6, 6.07) is -0.918. The molecule has 2 amide bonds. The molecule has 0 spiro atoms. The molecule has 1 unspecified atom stereocenters. The van der Waals surface area contributed by atoms with Crippen LogP contribution in [-0.2, 0) is 33.4 Å². The van der Waals surface area contributed by atoms with Crippen LogP contribution >= 0.6 is 11.8 Å².